The van der Waals surface area contributed by atoms with Gasteiger partial charge in [-0.3, -0.25) is 10.1 Å². The lowest BCUT2D eigenvalue weighted by Crippen LogP contribution is -2.03. The molecule has 5 heteroatoms. The molecule has 1 N–H and O–H groups in total. The van der Waals surface area contributed by atoms with E-state index < -0.39 is 0 Å². The van der Waals surface area contributed by atoms with Gasteiger partial charge in [0.2, 0.25) is 0 Å². The summed E-state index contributed by atoms with van der Waals surface area (Å²) in [6.07, 6.45) is 1.07. The number of hydrogen-bond donors (Lipinski definition) is 1. The Morgan fingerprint density at radius 1 is 1.50 bits per heavy atom. The van der Waals surface area contributed by atoms with Gasteiger partial charge in [-0.25, -0.2) is 0 Å². The third-order valence-corrected chi connectivity index (χ3v) is 3.04. The van der Waals surface area contributed by atoms with Crippen molar-refractivity contribution in [3.63, 3.8) is 0 Å². The van der Waals surface area contributed by atoms with E-state index in [1.165, 1.54) is 6.07 Å². The van der Waals surface area contributed by atoms with Gasteiger partial charge in [0, 0.05) is 24.4 Å². The van der Waals surface area contributed by atoms with Gasteiger partial charge >= 0.3 is 0 Å². The van der Waals surface area contributed by atoms with Gasteiger partial charge in [-0.15, -0.1) is 0 Å². The molecule has 0 fully saturated rings. The minimum Gasteiger partial charge on any atom is -0.385 e. The topological polar surface area (TPSA) is 55.2 Å². The number of nitro benzene ring substituents is 1. The molecule has 0 saturated heterocycles. The van der Waals surface area contributed by atoms with Crippen molar-refractivity contribution in [1.82, 2.24) is 0 Å². The van der Waals surface area contributed by atoms with E-state index in [2.05, 4.69) is 12.2 Å². The molecule has 0 aliphatic carbocycles. The third-order valence-electron chi connectivity index (χ3n) is 2.06. The Morgan fingerprint density at radius 2 is 2.31 bits per heavy atom. The monoisotopic (exact) mass is 240 g/mol. The van der Waals surface area contributed by atoms with Crippen LogP contribution < -0.4 is 5.32 Å². The van der Waals surface area contributed by atoms with Crippen molar-refractivity contribution >= 4 is 23.1 Å². The van der Waals surface area contributed by atoms with Crippen LogP contribution in [0.2, 0.25) is 0 Å². The summed E-state index contributed by atoms with van der Waals surface area (Å²) in [5, 5.41) is 13.7. The second kappa shape index (κ2) is 7.11. The molecule has 0 bridgehead atoms. The maximum absolute atomic E-state index is 10.5. The van der Waals surface area contributed by atoms with Gasteiger partial charge in [0.05, 0.1) is 4.92 Å². The van der Waals surface area contributed by atoms with Crippen molar-refractivity contribution in [2.75, 3.05) is 23.4 Å². The molecule has 1 aromatic rings. The number of thioether (sulfide) groups is 1. The van der Waals surface area contributed by atoms with Gasteiger partial charge in [0.1, 0.15) is 0 Å². The van der Waals surface area contributed by atoms with Gasteiger partial charge in [0.25, 0.3) is 5.69 Å². The average molecular weight is 240 g/mol. The first kappa shape index (κ1) is 12.8. The fourth-order valence-corrected chi connectivity index (χ4v) is 1.92. The lowest BCUT2D eigenvalue weighted by molar-refractivity contribution is -0.384. The smallest absolute Gasteiger partial charge is 0.271 e. The van der Waals surface area contributed by atoms with Crippen molar-refractivity contribution in [1.29, 1.82) is 0 Å². The summed E-state index contributed by atoms with van der Waals surface area (Å²) in [6.45, 7) is 2.99. The van der Waals surface area contributed by atoms with E-state index in [9.17, 15) is 10.1 Å². The molecule has 0 amide bonds. The molecule has 0 saturated carbocycles. The molecule has 0 atom stereocenters. The van der Waals surface area contributed by atoms with E-state index in [0.717, 1.165) is 30.2 Å². The minimum atomic E-state index is -0.377. The summed E-state index contributed by atoms with van der Waals surface area (Å²) in [5.41, 5.74) is 0.948. The first-order valence-electron chi connectivity index (χ1n) is 5.30. The summed E-state index contributed by atoms with van der Waals surface area (Å²) in [6, 6.07) is 6.60. The fourth-order valence-electron chi connectivity index (χ4n) is 1.28. The maximum Gasteiger partial charge on any atom is 0.271 e. The number of benzene rings is 1. The maximum atomic E-state index is 10.5. The molecule has 0 heterocycles. The van der Waals surface area contributed by atoms with E-state index in [4.69, 9.17) is 0 Å². The van der Waals surface area contributed by atoms with Crippen molar-refractivity contribution in [3.8, 4) is 0 Å². The minimum absolute atomic E-state index is 0.132. The Kier molecular flexibility index (Phi) is 5.71. The standard InChI is InChI=1S/C11H16N2O2S/c1-2-16-8-4-7-12-10-5-3-6-11(9-10)13(14)15/h3,5-6,9,12H,2,4,7-8H2,1H3. The number of anilines is 1. The number of nitrogens with one attached hydrogen (secondary N) is 1. The Morgan fingerprint density at radius 3 is 3.00 bits per heavy atom. The SMILES string of the molecule is CCSCCCNc1cccc([N+](=O)[O-])c1. The lowest BCUT2D eigenvalue weighted by Gasteiger charge is -2.05. The second-order valence-electron chi connectivity index (χ2n) is 3.28. The number of hydrogen-bond acceptors (Lipinski definition) is 4. The number of nitro groups is 1. The Labute approximate surface area is 99.6 Å². The van der Waals surface area contributed by atoms with Crippen LogP contribution in [0.25, 0.3) is 0 Å². The van der Waals surface area contributed by atoms with Crippen LogP contribution in [0.4, 0.5) is 11.4 Å². The van der Waals surface area contributed by atoms with Gasteiger partial charge in [-0.2, -0.15) is 11.8 Å². The van der Waals surface area contributed by atoms with Crippen LogP contribution in [0.5, 0.6) is 0 Å². The Hall–Kier alpha value is -1.23. The molecule has 88 valence electrons. The van der Waals surface area contributed by atoms with E-state index >= 15 is 0 Å². The zero-order valence-electron chi connectivity index (χ0n) is 9.31. The van der Waals surface area contributed by atoms with Crippen LogP contribution in [-0.4, -0.2) is 23.0 Å². The molecule has 0 radical (unpaired) electrons. The second-order valence-corrected chi connectivity index (χ2v) is 4.68. The van der Waals surface area contributed by atoms with Crippen LogP contribution >= 0.6 is 11.8 Å². The molecule has 16 heavy (non-hydrogen) atoms. The molecule has 0 aromatic heterocycles. The summed E-state index contributed by atoms with van der Waals surface area (Å²) in [5.74, 6) is 2.26. The van der Waals surface area contributed by atoms with E-state index in [1.807, 2.05) is 17.8 Å². The van der Waals surface area contributed by atoms with Gasteiger partial charge in [-0.05, 0) is 24.0 Å². The molecule has 4 nitrogen and oxygen atoms in total. The zero-order valence-corrected chi connectivity index (χ0v) is 10.1. The Bertz CT molecular complexity index is 345. The average Bonchev–Trinajstić information content (AvgIpc) is 2.29. The predicted octanol–water partition coefficient (Wildman–Crippen LogP) is 3.15. The molecule has 0 aliphatic heterocycles. The number of nitrogens with zero attached hydrogens (tertiary/aromatic N) is 1. The fraction of sp³-hybridized carbons (Fsp3) is 0.455. The van der Waals surface area contributed by atoms with E-state index in [0.29, 0.717) is 0 Å². The Balaban J connectivity index is 2.36. The first-order chi connectivity index (χ1) is 7.74. The highest BCUT2D eigenvalue weighted by Gasteiger charge is 2.04. The highest BCUT2D eigenvalue weighted by atomic mass is 32.2. The molecule has 0 unspecified atom stereocenters. The summed E-state index contributed by atoms with van der Waals surface area (Å²) in [4.78, 5) is 10.2. The molecule has 0 spiro atoms. The highest BCUT2D eigenvalue weighted by molar-refractivity contribution is 7.99. The van der Waals surface area contributed by atoms with Gasteiger partial charge < -0.3 is 5.32 Å². The van der Waals surface area contributed by atoms with Crippen LogP contribution in [0.3, 0.4) is 0 Å². The van der Waals surface area contributed by atoms with Crippen LogP contribution in [-0.2, 0) is 0 Å². The highest BCUT2D eigenvalue weighted by Crippen LogP contribution is 2.16. The van der Waals surface area contributed by atoms with Gasteiger partial charge in [0.15, 0.2) is 0 Å². The zero-order chi connectivity index (χ0) is 11.8. The van der Waals surface area contributed by atoms with Crippen LogP contribution in [0.1, 0.15) is 13.3 Å². The van der Waals surface area contributed by atoms with Gasteiger partial charge in [-0.1, -0.05) is 13.0 Å². The predicted molar refractivity (Wildman–Crippen MR) is 69.2 cm³/mol. The molecular formula is C11H16N2O2S. The van der Waals surface area contributed by atoms with Crippen LogP contribution in [0.15, 0.2) is 24.3 Å². The quantitative estimate of drug-likeness (QED) is 0.452. The molecule has 1 rings (SSSR count). The van der Waals surface area contributed by atoms with Crippen molar-refractivity contribution in [3.05, 3.63) is 34.4 Å². The normalized spacial score (nSPS) is 10.1. The summed E-state index contributed by atoms with van der Waals surface area (Å²) < 4.78 is 0. The third kappa shape index (κ3) is 4.53. The summed E-state index contributed by atoms with van der Waals surface area (Å²) >= 11 is 1.90. The van der Waals surface area contributed by atoms with Crippen molar-refractivity contribution in [2.45, 2.75) is 13.3 Å². The van der Waals surface area contributed by atoms with Crippen molar-refractivity contribution < 1.29 is 4.92 Å². The summed E-state index contributed by atoms with van der Waals surface area (Å²) in [7, 11) is 0. The largest absolute Gasteiger partial charge is 0.385 e. The first-order valence-corrected chi connectivity index (χ1v) is 6.45. The number of non-ortho nitro benzene ring substituents is 1. The molecule has 1 aromatic carbocycles. The molecular weight excluding hydrogens is 224 g/mol. The number of rotatable bonds is 7. The lowest BCUT2D eigenvalue weighted by atomic mass is 10.3. The van der Waals surface area contributed by atoms with E-state index in [1.54, 1.807) is 12.1 Å². The van der Waals surface area contributed by atoms with E-state index in [-0.39, 0.29) is 10.6 Å². The van der Waals surface area contributed by atoms with Crippen LogP contribution in [0, 0.1) is 10.1 Å². The van der Waals surface area contributed by atoms with Crippen molar-refractivity contribution in [2.24, 2.45) is 0 Å². The molecule has 0 aliphatic rings.